The molecule has 2 aromatic rings. The standard InChI is InChI=1S/C18H17F2O3PSe/c1-2-22-24(21)9-8-17(25-16-6-4-3-5-7-16)18(23-24)13-10-14(19)12-15(20)11-13/h3-7,10-12H,2,8-9H2,1H3. The fraction of sp³-hybridized carbons (Fsp3) is 0.222. The summed E-state index contributed by atoms with van der Waals surface area (Å²) in [5.74, 6) is -1.12. The first kappa shape index (κ1) is 18.3. The van der Waals surface area contributed by atoms with Crippen LogP contribution in [0.4, 0.5) is 8.78 Å². The Morgan fingerprint density at radius 3 is 2.48 bits per heavy atom. The number of halogens is 2. The van der Waals surface area contributed by atoms with Gasteiger partial charge in [0.2, 0.25) is 0 Å². The van der Waals surface area contributed by atoms with Crippen molar-refractivity contribution in [2.75, 3.05) is 12.8 Å². The monoisotopic (exact) mass is 430 g/mol. The molecule has 0 aliphatic carbocycles. The number of hydrogen-bond acceptors (Lipinski definition) is 3. The van der Waals surface area contributed by atoms with Crippen molar-refractivity contribution < 1.29 is 22.4 Å². The molecule has 0 radical (unpaired) electrons. The molecule has 7 heteroatoms. The molecule has 0 N–H and O–H groups in total. The zero-order chi connectivity index (χ0) is 17.9. The van der Waals surface area contributed by atoms with Gasteiger partial charge < -0.3 is 0 Å². The molecular weight excluding hydrogens is 412 g/mol. The van der Waals surface area contributed by atoms with E-state index in [1.807, 2.05) is 30.3 Å². The fourth-order valence-electron chi connectivity index (χ4n) is 2.50. The third kappa shape index (κ3) is 4.59. The summed E-state index contributed by atoms with van der Waals surface area (Å²) in [6, 6.07) is 13.0. The van der Waals surface area contributed by atoms with E-state index in [0.717, 1.165) is 15.0 Å². The van der Waals surface area contributed by atoms with E-state index in [4.69, 9.17) is 9.05 Å². The average Bonchev–Trinajstić information content (AvgIpc) is 2.57. The number of hydrogen-bond donors (Lipinski definition) is 0. The van der Waals surface area contributed by atoms with Crippen LogP contribution in [0.3, 0.4) is 0 Å². The topological polar surface area (TPSA) is 35.5 Å². The SMILES string of the molecule is CCOP1(=O)CCC([Se]c2ccccc2)=C(c2cc(F)cc(F)c2)O1. The number of benzene rings is 2. The summed E-state index contributed by atoms with van der Waals surface area (Å²) >= 11 is -0.100. The van der Waals surface area contributed by atoms with Gasteiger partial charge >= 0.3 is 151 Å². The van der Waals surface area contributed by atoms with Gasteiger partial charge in [-0.15, -0.1) is 0 Å². The van der Waals surface area contributed by atoms with Crippen molar-refractivity contribution in [3.63, 3.8) is 0 Å². The summed E-state index contributed by atoms with van der Waals surface area (Å²) in [6.45, 7) is 1.99. The maximum atomic E-state index is 13.7. The molecule has 3 nitrogen and oxygen atoms in total. The predicted octanol–water partition coefficient (Wildman–Crippen LogP) is 4.31. The van der Waals surface area contributed by atoms with Crippen LogP contribution in [0.15, 0.2) is 53.0 Å². The number of rotatable bonds is 5. The van der Waals surface area contributed by atoms with Gasteiger partial charge in [0.25, 0.3) is 0 Å². The Morgan fingerprint density at radius 2 is 1.84 bits per heavy atom. The fourth-order valence-corrected chi connectivity index (χ4v) is 6.81. The molecule has 0 saturated heterocycles. The van der Waals surface area contributed by atoms with Gasteiger partial charge in [-0.1, -0.05) is 0 Å². The molecule has 1 aliphatic heterocycles. The first-order valence-corrected chi connectivity index (χ1v) is 11.3. The van der Waals surface area contributed by atoms with Gasteiger partial charge in [0.1, 0.15) is 0 Å². The molecule has 2 aromatic carbocycles. The molecule has 0 fully saturated rings. The minimum absolute atomic E-state index is 0.100. The summed E-state index contributed by atoms with van der Waals surface area (Å²) in [7, 11) is -3.30. The second kappa shape index (κ2) is 7.84. The summed E-state index contributed by atoms with van der Waals surface area (Å²) in [4.78, 5) is 0. The van der Waals surface area contributed by atoms with E-state index in [1.165, 1.54) is 12.1 Å². The molecule has 1 atom stereocenters. The number of allylic oxidation sites excluding steroid dienone is 1. The van der Waals surface area contributed by atoms with E-state index in [1.54, 1.807) is 6.92 Å². The van der Waals surface area contributed by atoms with E-state index >= 15 is 0 Å². The molecule has 25 heavy (non-hydrogen) atoms. The van der Waals surface area contributed by atoms with E-state index in [2.05, 4.69) is 0 Å². The van der Waals surface area contributed by atoms with Gasteiger partial charge in [-0.05, 0) is 0 Å². The molecule has 132 valence electrons. The van der Waals surface area contributed by atoms with Crippen LogP contribution in [0, 0.1) is 11.6 Å². The first-order valence-electron chi connectivity index (χ1n) is 7.85. The Balaban J connectivity index is 2.03. The van der Waals surface area contributed by atoms with Gasteiger partial charge in [0, 0.05) is 0 Å². The Labute approximate surface area is 151 Å². The summed E-state index contributed by atoms with van der Waals surface area (Å²) in [5.41, 5.74) is 0.255. The second-order valence-corrected chi connectivity index (χ2v) is 9.98. The predicted molar refractivity (Wildman–Crippen MR) is 94.9 cm³/mol. The van der Waals surface area contributed by atoms with Crippen molar-refractivity contribution in [1.29, 1.82) is 0 Å². The average molecular weight is 429 g/mol. The summed E-state index contributed by atoms with van der Waals surface area (Å²) in [5, 5.41) is 0. The van der Waals surface area contributed by atoms with Crippen molar-refractivity contribution in [3.05, 3.63) is 70.2 Å². The van der Waals surface area contributed by atoms with Crippen LogP contribution in [-0.4, -0.2) is 27.7 Å². The van der Waals surface area contributed by atoms with Crippen molar-refractivity contribution >= 4 is 32.8 Å². The second-order valence-electron chi connectivity index (χ2n) is 5.42. The minimum atomic E-state index is -3.30. The molecule has 0 spiro atoms. The zero-order valence-electron chi connectivity index (χ0n) is 13.6. The molecule has 0 saturated carbocycles. The van der Waals surface area contributed by atoms with Crippen LogP contribution in [-0.2, 0) is 13.6 Å². The quantitative estimate of drug-likeness (QED) is 0.525. The van der Waals surface area contributed by atoms with Gasteiger partial charge in [-0.3, -0.25) is 0 Å². The van der Waals surface area contributed by atoms with Gasteiger partial charge in [-0.2, -0.15) is 0 Å². The molecule has 3 rings (SSSR count). The van der Waals surface area contributed by atoms with Crippen molar-refractivity contribution in [2.45, 2.75) is 13.3 Å². The third-order valence-electron chi connectivity index (χ3n) is 3.53. The van der Waals surface area contributed by atoms with Gasteiger partial charge in [-0.25, -0.2) is 0 Å². The van der Waals surface area contributed by atoms with Crippen LogP contribution in [0.1, 0.15) is 18.9 Å². The molecule has 0 bridgehead atoms. The van der Waals surface area contributed by atoms with Crippen molar-refractivity contribution in [2.24, 2.45) is 0 Å². The third-order valence-corrected chi connectivity index (χ3v) is 7.81. The molecule has 0 aromatic heterocycles. The molecule has 1 aliphatic rings. The van der Waals surface area contributed by atoms with E-state index < -0.39 is 19.2 Å². The van der Waals surface area contributed by atoms with Gasteiger partial charge in [0.15, 0.2) is 0 Å². The molecule has 0 amide bonds. The zero-order valence-corrected chi connectivity index (χ0v) is 16.2. The van der Waals surface area contributed by atoms with Crippen LogP contribution in [0.2, 0.25) is 0 Å². The van der Waals surface area contributed by atoms with Crippen LogP contribution in [0.25, 0.3) is 5.76 Å². The Kier molecular flexibility index (Phi) is 5.75. The Morgan fingerprint density at radius 1 is 1.16 bits per heavy atom. The summed E-state index contributed by atoms with van der Waals surface area (Å²) in [6.07, 6.45) is 0.783. The maximum absolute atomic E-state index is 13.7. The van der Waals surface area contributed by atoms with E-state index in [9.17, 15) is 13.3 Å². The molecular formula is C18H17F2O3PSe. The van der Waals surface area contributed by atoms with Crippen LogP contribution in [0.5, 0.6) is 0 Å². The summed E-state index contributed by atoms with van der Waals surface area (Å²) < 4.78 is 53.1. The first-order chi connectivity index (χ1) is 12.0. The van der Waals surface area contributed by atoms with E-state index in [-0.39, 0.29) is 39.0 Å². The van der Waals surface area contributed by atoms with Crippen LogP contribution < -0.4 is 4.46 Å². The van der Waals surface area contributed by atoms with Crippen molar-refractivity contribution in [1.82, 2.24) is 0 Å². The molecule has 1 heterocycles. The van der Waals surface area contributed by atoms with Crippen LogP contribution >= 0.6 is 7.60 Å². The normalized spacial score (nSPS) is 20.4. The molecule has 1 unspecified atom stereocenters. The Bertz CT molecular complexity index is 819. The Hall–Kier alpha value is -1.45. The van der Waals surface area contributed by atoms with Crippen molar-refractivity contribution in [3.8, 4) is 0 Å². The van der Waals surface area contributed by atoms with Gasteiger partial charge in [0.05, 0.1) is 0 Å². The van der Waals surface area contributed by atoms with E-state index in [0.29, 0.717) is 6.42 Å².